The predicted molar refractivity (Wildman–Crippen MR) is 69.1 cm³/mol. The third-order valence-corrected chi connectivity index (χ3v) is 3.99. The van der Waals surface area contributed by atoms with Crippen LogP contribution in [0, 0.1) is 0 Å². The minimum Gasteiger partial charge on any atom is -0.338 e. The number of aromatic amines is 1. The van der Waals surface area contributed by atoms with Crippen molar-refractivity contribution in [2.75, 3.05) is 13.1 Å². The van der Waals surface area contributed by atoms with Crippen LogP contribution in [-0.4, -0.2) is 34.1 Å². The number of nitrogens with one attached hydrogen (secondary N) is 1. The fourth-order valence-electron chi connectivity index (χ4n) is 2.98. The molecule has 0 aromatic carbocycles. The van der Waals surface area contributed by atoms with E-state index in [4.69, 9.17) is 0 Å². The molecule has 3 rings (SSSR count). The Balaban J connectivity index is 1.68. The van der Waals surface area contributed by atoms with Gasteiger partial charge in [0, 0.05) is 36.5 Å². The van der Waals surface area contributed by atoms with Crippen molar-refractivity contribution in [1.29, 1.82) is 0 Å². The molecule has 1 atom stereocenters. The van der Waals surface area contributed by atoms with Gasteiger partial charge in [-0.2, -0.15) is 5.10 Å². The molecule has 0 radical (unpaired) electrons. The molecule has 1 unspecified atom stereocenters. The van der Waals surface area contributed by atoms with E-state index in [9.17, 15) is 4.79 Å². The van der Waals surface area contributed by atoms with Crippen LogP contribution in [0.4, 0.5) is 0 Å². The minimum atomic E-state index is 0.261. The number of hydrogen-bond donors (Lipinski definition) is 1. The predicted octanol–water partition coefficient (Wildman–Crippen LogP) is 2.23. The number of H-pyrrole nitrogens is 1. The first-order chi connectivity index (χ1) is 8.84. The zero-order valence-corrected chi connectivity index (χ0v) is 10.6. The van der Waals surface area contributed by atoms with E-state index in [0.717, 1.165) is 56.5 Å². The van der Waals surface area contributed by atoms with Gasteiger partial charge >= 0.3 is 0 Å². The van der Waals surface area contributed by atoms with Gasteiger partial charge in [0.25, 0.3) is 0 Å². The van der Waals surface area contributed by atoms with Gasteiger partial charge in [-0.15, -0.1) is 0 Å². The number of amides is 1. The third-order valence-electron chi connectivity index (χ3n) is 3.99. The van der Waals surface area contributed by atoms with Crippen molar-refractivity contribution in [3.05, 3.63) is 29.6 Å². The number of allylic oxidation sites excluding steroid dienone is 1. The van der Waals surface area contributed by atoms with E-state index >= 15 is 0 Å². The standard InChI is InChI=1S/C14H19N3O/c18-14(11-4-1-2-5-11)17-9-3-6-12(10-17)13-7-8-15-16-13/h4,7-8,12H,1-3,5-6,9-10H2,(H,15,16). The number of likely N-dealkylation sites (tertiary alicyclic amines) is 1. The molecule has 0 saturated carbocycles. The summed E-state index contributed by atoms with van der Waals surface area (Å²) in [7, 11) is 0. The lowest BCUT2D eigenvalue weighted by Gasteiger charge is -2.32. The highest BCUT2D eigenvalue weighted by atomic mass is 16.2. The summed E-state index contributed by atoms with van der Waals surface area (Å²) in [6.45, 7) is 1.74. The Morgan fingerprint density at radius 1 is 1.44 bits per heavy atom. The van der Waals surface area contributed by atoms with Gasteiger partial charge in [-0.1, -0.05) is 6.08 Å². The first kappa shape index (κ1) is 11.5. The molecule has 1 aromatic heterocycles. The molecule has 1 N–H and O–H groups in total. The molecule has 4 heteroatoms. The summed E-state index contributed by atoms with van der Waals surface area (Å²) in [6.07, 6.45) is 9.30. The molecule has 1 saturated heterocycles. The van der Waals surface area contributed by atoms with Crippen molar-refractivity contribution in [3.8, 4) is 0 Å². The van der Waals surface area contributed by atoms with Gasteiger partial charge in [0.05, 0.1) is 0 Å². The van der Waals surface area contributed by atoms with Gasteiger partial charge in [-0.25, -0.2) is 0 Å². The van der Waals surface area contributed by atoms with Crippen molar-refractivity contribution < 1.29 is 4.79 Å². The van der Waals surface area contributed by atoms with Gasteiger partial charge in [0.1, 0.15) is 0 Å². The molecule has 1 amide bonds. The topological polar surface area (TPSA) is 49.0 Å². The number of hydrogen-bond acceptors (Lipinski definition) is 2. The van der Waals surface area contributed by atoms with E-state index in [1.807, 2.05) is 11.0 Å². The zero-order chi connectivity index (χ0) is 12.4. The second-order valence-electron chi connectivity index (χ2n) is 5.22. The second-order valence-corrected chi connectivity index (χ2v) is 5.22. The Morgan fingerprint density at radius 3 is 3.11 bits per heavy atom. The lowest BCUT2D eigenvalue weighted by atomic mass is 9.94. The van der Waals surface area contributed by atoms with Gasteiger partial charge in [0.2, 0.25) is 5.91 Å². The van der Waals surface area contributed by atoms with Gasteiger partial charge in [0.15, 0.2) is 0 Å². The van der Waals surface area contributed by atoms with Crippen LogP contribution in [0.3, 0.4) is 0 Å². The van der Waals surface area contributed by atoms with E-state index in [-0.39, 0.29) is 5.91 Å². The smallest absolute Gasteiger partial charge is 0.249 e. The maximum absolute atomic E-state index is 12.3. The SMILES string of the molecule is O=C(C1=CCCC1)N1CCCC(c2ccn[nH]2)C1. The molecule has 1 aliphatic heterocycles. The van der Waals surface area contributed by atoms with Crippen molar-refractivity contribution in [2.45, 2.75) is 38.0 Å². The zero-order valence-electron chi connectivity index (χ0n) is 10.6. The number of rotatable bonds is 2. The molecule has 96 valence electrons. The summed E-state index contributed by atoms with van der Waals surface area (Å²) in [5.41, 5.74) is 2.19. The van der Waals surface area contributed by atoms with Crippen molar-refractivity contribution in [3.63, 3.8) is 0 Å². The Labute approximate surface area is 107 Å². The van der Waals surface area contributed by atoms with Gasteiger partial charge in [-0.05, 0) is 38.2 Å². The molecular formula is C14H19N3O. The van der Waals surface area contributed by atoms with Crippen LogP contribution >= 0.6 is 0 Å². The Bertz CT molecular complexity index is 450. The molecule has 1 fully saturated rings. The van der Waals surface area contributed by atoms with E-state index < -0.39 is 0 Å². The Hall–Kier alpha value is -1.58. The van der Waals surface area contributed by atoms with E-state index in [0.29, 0.717) is 5.92 Å². The van der Waals surface area contributed by atoms with Crippen LogP contribution < -0.4 is 0 Å². The largest absolute Gasteiger partial charge is 0.338 e. The summed E-state index contributed by atoms with van der Waals surface area (Å²) in [5.74, 6) is 0.684. The highest BCUT2D eigenvalue weighted by molar-refractivity contribution is 5.93. The molecule has 1 aromatic rings. The first-order valence-corrected chi connectivity index (χ1v) is 6.82. The molecular weight excluding hydrogens is 226 g/mol. The maximum atomic E-state index is 12.3. The van der Waals surface area contributed by atoms with Gasteiger partial charge < -0.3 is 4.90 Å². The van der Waals surface area contributed by atoms with Gasteiger partial charge in [-0.3, -0.25) is 9.89 Å². The highest BCUT2D eigenvalue weighted by Crippen LogP contribution is 2.28. The summed E-state index contributed by atoms with van der Waals surface area (Å²) in [4.78, 5) is 14.4. The van der Waals surface area contributed by atoms with Crippen LogP contribution in [0.2, 0.25) is 0 Å². The van der Waals surface area contributed by atoms with Crippen LogP contribution in [0.25, 0.3) is 0 Å². The minimum absolute atomic E-state index is 0.261. The lowest BCUT2D eigenvalue weighted by molar-refractivity contribution is -0.128. The Kier molecular flexibility index (Phi) is 3.17. The van der Waals surface area contributed by atoms with Crippen LogP contribution in [-0.2, 0) is 4.79 Å². The fourth-order valence-corrected chi connectivity index (χ4v) is 2.98. The average Bonchev–Trinajstić information content (AvgIpc) is 3.11. The van der Waals surface area contributed by atoms with E-state index in [1.165, 1.54) is 0 Å². The third kappa shape index (κ3) is 2.19. The highest BCUT2D eigenvalue weighted by Gasteiger charge is 2.27. The van der Waals surface area contributed by atoms with E-state index in [1.54, 1.807) is 6.20 Å². The molecule has 2 aliphatic rings. The molecule has 0 spiro atoms. The normalized spacial score (nSPS) is 24.1. The fraction of sp³-hybridized carbons (Fsp3) is 0.571. The van der Waals surface area contributed by atoms with Crippen LogP contribution in [0.15, 0.2) is 23.9 Å². The maximum Gasteiger partial charge on any atom is 0.249 e. The Morgan fingerprint density at radius 2 is 2.39 bits per heavy atom. The number of carbonyl (C=O) groups is 1. The number of piperidine rings is 1. The summed E-state index contributed by atoms with van der Waals surface area (Å²) >= 11 is 0. The van der Waals surface area contributed by atoms with Crippen molar-refractivity contribution in [2.24, 2.45) is 0 Å². The van der Waals surface area contributed by atoms with Crippen LogP contribution in [0.5, 0.6) is 0 Å². The second kappa shape index (κ2) is 4.96. The first-order valence-electron chi connectivity index (χ1n) is 6.82. The van der Waals surface area contributed by atoms with Crippen LogP contribution in [0.1, 0.15) is 43.7 Å². The number of aromatic nitrogens is 2. The van der Waals surface area contributed by atoms with Crippen molar-refractivity contribution in [1.82, 2.24) is 15.1 Å². The quantitative estimate of drug-likeness (QED) is 0.868. The molecule has 4 nitrogen and oxygen atoms in total. The van der Waals surface area contributed by atoms with E-state index in [2.05, 4.69) is 16.3 Å². The summed E-state index contributed by atoms with van der Waals surface area (Å²) in [5, 5.41) is 7.04. The molecule has 1 aliphatic carbocycles. The number of carbonyl (C=O) groups excluding carboxylic acids is 1. The summed E-state index contributed by atoms with van der Waals surface area (Å²) < 4.78 is 0. The number of nitrogens with zero attached hydrogens (tertiary/aromatic N) is 2. The molecule has 18 heavy (non-hydrogen) atoms. The molecule has 0 bridgehead atoms. The van der Waals surface area contributed by atoms with Crippen molar-refractivity contribution >= 4 is 5.91 Å². The molecule has 2 heterocycles. The monoisotopic (exact) mass is 245 g/mol. The average molecular weight is 245 g/mol. The lowest BCUT2D eigenvalue weighted by Crippen LogP contribution is -2.39. The summed E-state index contributed by atoms with van der Waals surface area (Å²) in [6, 6.07) is 2.02.